The van der Waals surface area contributed by atoms with Gasteiger partial charge in [-0.3, -0.25) is 9.69 Å². The summed E-state index contributed by atoms with van der Waals surface area (Å²) in [6.45, 7) is 3.51. The molecule has 1 atom stereocenters. The SMILES string of the molecule is COc1ccc(/C=C2\SC(=O)N(C(C(=O)O)C(C)C)C2=S)cc1. The number of thioether (sulfide) groups is 1. The number of nitrogens with zero attached hydrogens (tertiary/aromatic N) is 1. The fourth-order valence-electron chi connectivity index (χ4n) is 2.26. The number of carbonyl (C=O) groups is 2. The molecular weight excluding hydrogens is 334 g/mol. The average Bonchev–Trinajstić information content (AvgIpc) is 2.75. The van der Waals surface area contributed by atoms with E-state index in [1.165, 1.54) is 4.90 Å². The quantitative estimate of drug-likeness (QED) is 0.645. The minimum absolute atomic E-state index is 0.240. The Morgan fingerprint density at radius 1 is 1.35 bits per heavy atom. The van der Waals surface area contributed by atoms with Crippen LogP contribution >= 0.6 is 24.0 Å². The molecule has 0 aromatic heterocycles. The van der Waals surface area contributed by atoms with Gasteiger partial charge < -0.3 is 9.84 Å². The highest BCUT2D eigenvalue weighted by atomic mass is 32.2. The number of hydrogen-bond donors (Lipinski definition) is 1. The molecule has 0 radical (unpaired) electrons. The average molecular weight is 351 g/mol. The smallest absolute Gasteiger partial charge is 0.327 e. The molecule has 23 heavy (non-hydrogen) atoms. The number of carbonyl (C=O) groups excluding carboxylic acids is 1. The second kappa shape index (κ2) is 7.14. The van der Waals surface area contributed by atoms with E-state index in [2.05, 4.69) is 0 Å². The number of ether oxygens (including phenoxy) is 1. The maximum absolute atomic E-state index is 12.2. The summed E-state index contributed by atoms with van der Waals surface area (Å²) in [5, 5.41) is 9.03. The summed E-state index contributed by atoms with van der Waals surface area (Å²) in [5.74, 6) is -0.561. The largest absolute Gasteiger partial charge is 0.497 e. The molecule has 1 unspecified atom stereocenters. The van der Waals surface area contributed by atoms with Crippen molar-refractivity contribution in [2.24, 2.45) is 5.92 Å². The van der Waals surface area contributed by atoms with Crippen molar-refractivity contribution in [1.82, 2.24) is 4.90 Å². The van der Waals surface area contributed by atoms with E-state index in [0.717, 1.165) is 23.1 Å². The Morgan fingerprint density at radius 3 is 2.43 bits per heavy atom. The first kappa shape index (κ1) is 17.5. The third kappa shape index (κ3) is 3.73. The standard InChI is InChI=1S/C16H17NO4S2/c1-9(2)13(15(18)19)17-14(22)12(23-16(17)20)8-10-4-6-11(21-3)7-5-10/h4-9,13H,1-3H3,(H,18,19)/b12-8-. The zero-order chi connectivity index (χ0) is 17.1. The van der Waals surface area contributed by atoms with Gasteiger partial charge in [0.2, 0.25) is 0 Å². The molecule has 1 aromatic rings. The van der Waals surface area contributed by atoms with Crippen molar-refractivity contribution < 1.29 is 19.4 Å². The summed E-state index contributed by atoms with van der Waals surface area (Å²) in [7, 11) is 1.59. The van der Waals surface area contributed by atoms with E-state index in [1.54, 1.807) is 27.0 Å². The van der Waals surface area contributed by atoms with Crippen molar-refractivity contribution in [2.75, 3.05) is 7.11 Å². The number of carboxylic acids is 1. The van der Waals surface area contributed by atoms with Gasteiger partial charge in [-0.15, -0.1) is 0 Å². The lowest BCUT2D eigenvalue weighted by atomic mass is 10.0. The van der Waals surface area contributed by atoms with Crippen LogP contribution in [0.3, 0.4) is 0 Å². The Kier molecular flexibility index (Phi) is 5.43. The van der Waals surface area contributed by atoms with Gasteiger partial charge in [0.05, 0.1) is 12.0 Å². The highest BCUT2D eigenvalue weighted by Crippen LogP contribution is 2.36. The van der Waals surface area contributed by atoms with Crippen LogP contribution in [0.4, 0.5) is 4.79 Å². The van der Waals surface area contributed by atoms with Crippen molar-refractivity contribution >= 4 is 46.3 Å². The number of thiocarbonyl (C=S) groups is 1. The van der Waals surface area contributed by atoms with Crippen LogP contribution in [0, 0.1) is 5.92 Å². The molecule has 0 spiro atoms. The van der Waals surface area contributed by atoms with Crippen LogP contribution < -0.4 is 4.74 Å². The number of carboxylic acid groups (broad SMARTS) is 1. The fraction of sp³-hybridized carbons (Fsp3) is 0.312. The predicted octanol–water partition coefficient (Wildman–Crippen LogP) is 3.64. The molecule has 1 saturated heterocycles. The minimum Gasteiger partial charge on any atom is -0.497 e. The number of aliphatic carboxylic acids is 1. The normalized spacial score (nSPS) is 17.9. The van der Waals surface area contributed by atoms with Crippen LogP contribution in [-0.2, 0) is 4.79 Å². The van der Waals surface area contributed by atoms with Gasteiger partial charge in [-0.25, -0.2) is 4.79 Å². The molecule has 1 aromatic carbocycles. The van der Waals surface area contributed by atoms with Crippen molar-refractivity contribution in [1.29, 1.82) is 0 Å². The highest BCUT2D eigenvalue weighted by molar-refractivity contribution is 8.19. The minimum atomic E-state index is -1.05. The van der Waals surface area contributed by atoms with Gasteiger partial charge in [0.15, 0.2) is 0 Å². The molecule has 7 heteroatoms. The molecule has 0 aliphatic carbocycles. The number of hydrogen-bond acceptors (Lipinski definition) is 5. The van der Waals surface area contributed by atoms with Gasteiger partial charge in [0.1, 0.15) is 16.8 Å². The first-order chi connectivity index (χ1) is 10.8. The van der Waals surface area contributed by atoms with E-state index in [9.17, 15) is 14.7 Å². The number of amides is 1. The monoisotopic (exact) mass is 351 g/mol. The van der Waals surface area contributed by atoms with Crippen molar-refractivity contribution in [3.63, 3.8) is 0 Å². The summed E-state index contributed by atoms with van der Waals surface area (Å²) in [5.41, 5.74) is 0.863. The van der Waals surface area contributed by atoms with Crippen LogP contribution in [-0.4, -0.2) is 39.4 Å². The molecule has 1 N–H and O–H groups in total. The van der Waals surface area contributed by atoms with E-state index in [4.69, 9.17) is 17.0 Å². The Balaban J connectivity index is 2.29. The maximum atomic E-state index is 12.2. The van der Waals surface area contributed by atoms with Crippen LogP contribution in [0.25, 0.3) is 6.08 Å². The lowest BCUT2D eigenvalue weighted by Crippen LogP contribution is -2.46. The molecule has 1 aliphatic rings. The topological polar surface area (TPSA) is 66.8 Å². The van der Waals surface area contributed by atoms with Crippen LogP contribution in [0.5, 0.6) is 5.75 Å². The first-order valence-electron chi connectivity index (χ1n) is 6.99. The lowest BCUT2D eigenvalue weighted by Gasteiger charge is -2.26. The van der Waals surface area contributed by atoms with Crippen molar-refractivity contribution in [3.8, 4) is 5.75 Å². The van der Waals surface area contributed by atoms with Gasteiger partial charge in [0.25, 0.3) is 5.24 Å². The summed E-state index contributed by atoms with van der Waals surface area (Å²) >= 11 is 6.29. The maximum Gasteiger partial charge on any atom is 0.327 e. The molecule has 1 amide bonds. The Labute approximate surface area is 144 Å². The van der Waals surface area contributed by atoms with Gasteiger partial charge in [-0.1, -0.05) is 38.2 Å². The predicted molar refractivity (Wildman–Crippen MR) is 94.7 cm³/mol. The van der Waals surface area contributed by atoms with E-state index in [1.807, 2.05) is 24.3 Å². The van der Waals surface area contributed by atoms with E-state index < -0.39 is 12.0 Å². The molecule has 0 bridgehead atoms. The molecule has 0 saturated carbocycles. The van der Waals surface area contributed by atoms with E-state index >= 15 is 0 Å². The van der Waals surface area contributed by atoms with E-state index in [0.29, 0.717) is 4.91 Å². The van der Waals surface area contributed by atoms with Gasteiger partial charge in [-0.2, -0.15) is 0 Å². The molecular formula is C16H17NO4S2. The number of rotatable bonds is 5. The zero-order valence-electron chi connectivity index (χ0n) is 13.0. The van der Waals surface area contributed by atoms with E-state index in [-0.39, 0.29) is 16.1 Å². The molecule has 1 fully saturated rings. The number of benzene rings is 1. The summed E-state index contributed by atoms with van der Waals surface area (Å²) in [6.07, 6.45) is 1.78. The molecule has 122 valence electrons. The Hall–Kier alpha value is -1.86. The second-order valence-corrected chi connectivity index (χ2v) is 6.73. The van der Waals surface area contributed by atoms with Crippen molar-refractivity contribution in [2.45, 2.75) is 19.9 Å². The van der Waals surface area contributed by atoms with Gasteiger partial charge >= 0.3 is 5.97 Å². The van der Waals surface area contributed by atoms with Crippen LogP contribution in [0.1, 0.15) is 19.4 Å². The molecule has 5 nitrogen and oxygen atoms in total. The Morgan fingerprint density at radius 2 is 1.96 bits per heavy atom. The zero-order valence-corrected chi connectivity index (χ0v) is 14.6. The summed E-state index contributed by atoms with van der Waals surface area (Å²) in [4.78, 5) is 25.7. The van der Waals surface area contributed by atoms with Gasteiger partial charge in [-0.05, 0) is 41.5 Å². The van der Waals surface area contributed by atoms with Gasteiger partial charge in [0, 0.05) is 0 Å². The van der Waals surface area contributed by atoms with Crippen LogP contribution in [0.15, 0.2) is 29.2 Å². The molecule has 2 rings (SSSR count). The third-order valence-corrected chi connectivity index (χ3v) is 4.85. The van der Waals surface area contributed by atoms with Crippen LogP contribution in [0.2, 0.25) is 0 Å². The third-order valence-electron chi connectivity index (χ3n) is 3.40. The lowest BCUT2D eigenvalue weighted by molar-refractivity contribution is -0.142. The molecule has 1 aliphatic heterocycles. The summed E-state index contributed by atoms with van der Waals surface area (Å²) in [6, 6.07) is 6.36. The summed E-state index contributed by atoms with van der Waals surface area (Å²) < 4.78 is 5.10. The highest BCUT2D eigenvalue weighted by Gasteiger charge is 2.41. The van der Waals surface area contributed by atoms with Crippen molar-refractivity contribution in [3.05, 3.63) is 34.7 Å². The number of methoxy groups -OCH3 is 1. The first-order valence-corrected chi connectivity index (χ1v) is 8.21. The second-order valence-electron chi connectivity index (χ2n) is 5.35. The molecule has 1 heterocycles. The Bertz CT molecular complexity index is 667. The fourth-order valence-corrected chi connectivity index (χ4v) is 3.58.